The number of hydrogen-bond donors (Lipinski definition) is 0. The molecule has 0 fully saturated rings. The highest BCUT2D eigenvalue weighted by atomic mass is 32.2. The standard InChI is InChI=1S/C24H30N2O4S3/c1-3-5-6-20(23(27)28-4-2)33-24-25-21(29-11-7-18-9-13-31-16-18)15-22(26-24)30-12-8-19-10-14-32-17-19/h9-10,13-17,20H,3-8,11-12H2,1-2H3. The van der Waals surface area contributed by atoms with Crippen molar-refractivity contribution in [3.8, 4) is 11.8 Å². The SMILES string of the molecule is CCCCC(Sc1nc(OCCc2ccsc2)cc(OCCc2ccsc2)n1)C(=O)OCC. The van der Waals surface area contributed by atoms with Crippen molar-refractivity contribution in [2.75, 3.05) is 19.8 Å². The maximum absolute atomic E-state index is 12.5. The molecule has 9 heteroatoms. The first kappa shape index (κ1) is 25.5. The Kier molecular flexibility index (Phi) is 11.0. The zero-order valence-corrected chi connectivity index (χ0v) is 21.5. The van der Waals surface area contributed by atoms with Crippen LogP contribution in [0.1, 0.15) is 44.2 Å². The Morgan fingerprint density at radius 2 is 1.61 bits per heavy atom. The molecule has 0 amide bonds. The van der Waals surface area contributed by atoms with Crippen molar-refractivity contribution >= 4 is 40.4 Å². The summed E-state index contributed by atoms with van der Waals surface area (Å²) in [6.07, 6.45) is 4.23. The van der Waals surface area contributed by atoms with E-state index in [1.807, 2.05) is 6.92 Å². The second kappa shape index (κ2) is 14.2. The number of nitrogens with zero attached hydrogens (tertiary/aromatic N) is 2. The molecule has 1 atom stereocenters. The molecule has 0 aliphatic carbocycles. The van der Waals surface area contributed by atoms with Gasteiger partial charge < -0.3 is 14.2 Å². The normalized spacial score (nSPS) is 11.8. The van der Waals surface area contributed by atoms with Crippen LogP contribution in [0.2, 0.25) is 0 Å². The predicted octanol–water partition coefficient (Wildman–Crippen LogP) is 6.06. The summed E-state index contributed by atoms with van der Waals surface area (Å²) in [6, 6.07) is 5.90. The highest BCUT2D eigenvalue weighted by molar-refractivity contribution is 8.00. The molecular formula is C24H30N2O4S3. The van der Waals surface area contributed by atoms with Gasteiger partial charge in [-0.25, -0.2) is 0 Å². The van der Waals surface area contributed by atoms with E-state index < -0.39 is 0 Å². The van der Waals surface area contributed by atoms with E-state index in [1.165, 1.54) is 22.9 Å². The van der Waals surface area contributed by atoms with E-state index in [9.17, 15) is 4.79 Å². The van der Waals surface area contributed by atoms with Gasteiger partial charge in [0.05, 0.1) is 25.9 Å². The molecule has 0 radical (unpaired) electrons. The second-order valence-electron chi connectivity index (χ2n) is 7.29. The first-order chi connectivity index (χ1) is 16.2. The molecule has 0 saturated heterocycles. The summed E-state index contributed by atoms with van der Waals surface area (Å²) in [5, 5.41) is 8.44. The van der Waals surface area contributed by atoms with Crippen LogP contribution in [0.5, 0.6) is 11.8 Å². The average Bonchev–Trinajstić information content (AvgIpc) is 3.51. The molecule has 0 aliphatic rings. The summed E-state index contributed by atoms with van der Waals surface area (Å²) < 4.78 is 17.1. The van der Waals surface area contributed by atoms with Gasteiger partial charge in [0.2, 0.25) is 11.8 Å². The number of esters is 1. The lowest BCUT2D eigenvalue weighted by atomic mass is 10.2. The van der Waals surface area contributed by atoms with Gasteiger partial charge in [-0.05, 0) is 58.1 Å². The molecule has 3 heterocycles. The Morgan fingerprint density at radius 1 is 1.00 bits per heavy atom. The van der Waals surface area contributed by atoms with Gasteiger partial charge in [0.1, 0.15) is 5.25 Å². The van der Waals surface area contributed by atoms with Crippen LogP contribution in [0.15, 0.2) is 44.9 Å². The maximum atomic E-state index is 12.5. The number of carbonyl (C=O) groups is 1. The average molecular weight is 507 g/mol. The molecule has 0 N–H and O–H groups in total. The highest BCUT2D eigenvalue weighted by Gasteiger charge is 2.23. The van der Waals surface area contributed by atoms with E-state index in [4.69, 9.17) is 14.2 Å². The molecule has 0 aromatic carbocycles. The Labute approximate surface area is 207 Å². The molecule has 3 aromatic rings. The number of thiophene rings is 2. The van der Waals surface area contributed by atoms with Gasteiger partial charge in [0.15, 0.2) is 5.16 Å². The van der Waals surface area contributed by atoms with Gasteiger partial charge in [0, 0.05) is 12.8 Å². The Bertz CT molecular complexity index is 890. The van der Waals surface area contributed by atoms with Crippen LogP contribution in [0, 0.1) is 0 Å². The van der Waals surface area contributed by atoms with Crippen molar-refractivity contribution in [3.63, 3.8) is 0 Å². The molecule has 0 spiro atoms. The summed E-state index contributed by atoms with van der Waals surface area (Å²) in [5.41, 5.74) is 2.47. The highest BCUT2D eigenvalue weighted by Crippen LogP contribution is 2.29. The minimum atomic E-state index is -0.357. The van der Waals surface area contributed by atoms with Crippen LogP contribution in [0.4, 0.5) is 0 Å². The molecule has 33 heavy (non-hydrogen) atoms. The Hall–Kier alpha value is -2.10. The summed E-state index contributed by atoms with van der Waals surface area (Å²) >= 11 is 4.66. The molecule has 0 bridgehead atoms. The molecule has 0 saturated carbocycles. The summed E-state index contributed by atoms with van der Waals surface area (Å²) in [7, 11) is 0. The third-order valence-electron chi connectivity index (χ3n) is 4.72. The lowest BCUT2D eigenvalue weighted by Crippen LogP contribution is -2.21. The summed E-state index contributed by atoms with van der Waals surface area (Å²) in [4.78, 5) is 21.6. The first-order valence-corrected chi connectivity index (χ1v) is 13.9. The van der Waals surface area contributed by atoms with Crippen LogP contribution in [-0.2, 0) is 22.4 Å². The molecule has 3 aromatic heterocycles. The minimum Gasteiger partial charge on any atom is -0.477 e. The van der Waals surface area contributed by atoms with Crippen LogP contribution < -0.4 is 9.47 Å². The predicted molar refractivity (Wildman–Crippen MR) is 135 cm³/mol. The van der Waals surface area contributed by atoms with E-state index in [-0.39, 0.29) is 11.2 Å². The molecule has 0 aliphatic heterocycles. The van der Waals surface area contributed by atoms with Crippen molar-refractivity contribution in [2.24, 2.45) is 0 Å². The van der Waals surface area contributed by atoms with E-state index in [0.29, 0.717) is 43.2 Å². The smallest absolute Gasteiger partial charge is 0.319 e. The van der Waals surface area contributed by atoms with Gasteiger partial charge in [-0.15, -0.1) is 0 Å². The van der Waals surface area contributed by atoms with Gasteiger partial charge in [-0.1, -0.05) is 31.5 Å². The quantitative estimate of drug-likeness (QED) is 0.141. The van der Waals surface area contributed by atoms with E-state index in [1.54, 1.807) is 28.7 Å². The van der Waals surface area contributed by atoms with Crippen molar-refractivity contribution in [2.45, 2.75) is 56.4 Å². The number of unbranched alkanes of at least 4 members (excludes halogenated alkanes) is 1. The molecule has 3 rings (SSSR count). The molecule has 1 unspecified atom stereocenters. The molecule has 178 valence electrons. The zero-order valence-electron chi connectivity index (χ0n) is 19.0. The number of carbonyl (C=O) groups excluding carboxylic acids is 1. The van der Waals surface area contributed by atoms with Crippen LogP contribution in [0.25, 0.3) is 0 Å². The van der Waals surface area contributed by atoms with Crippen LogP contribution in [0.3, 0.4) is 0 Å². The van der Waals surface area contributed by atoms with Crippen molar-refractivity contribution in [1.82, 2.24) is 9.97 Å². The maximum Gasteiger partial charge on any atom is 0.319 e. The third kappa shape index (κ3) is 8.98. The van der Waals surface area contributed by atoms with E-state index in [0.717, 1.165) is 25.7 Å². The second-order valence-corrected chi connectivity index (χ2v) is 10.0. The van der Waals surface area contributed by atoms with Gasteiger partial charge in [0.25, 0.3) is 0 Å². The van der Waals surface area contributed by atoms with Crippen LogP contribution in [-0.4, -0.2) is 41.0 Å². The number of thioether (sulfide) groups is 1. The number of rotatable bonds is 15. The summed E-state index contributed by atoms with van der Waals surface area (Å²) in [6.45, 7) is 5.28. The first-order valence-electron chi connectivity index (χ1n) is 11.2. The minimum absolute atomic E-state index is 0.233. The molecular weight excluding hydrogens is 476 g/mol. The zero-order chi connectivity index (χ0) is 23.3. The fourth-order valence-electron chi connectivity index (χ4n) is 2.98. The lowest BCUT2D eigenvalue weighted by Gasteiger charge is -2.15. The monoisotopic (exact) mass is 506 g/mol. The van der Waals surface area contributed by atoms with E-state index in [2.05, 4.69) is 50.5 Å². The fraction of sp³-hybridized carbons (Fsp3) is 0.458. The van der Waals surface area contributed by atoms with Gasteiger partial charge >= 0.3 is 5.97 Å². The Balaban J connectivity index is 1.69. The van der Waals surface area contributed by atoms with Crippen LogP contribution >= 0.6 is 34.4 Å². The Morgan fingerprint density at radius 3 is 2.09 bits per heavy atom. The van der Waals surface area contributed by atoms with Gasteiger partial charge in [-0.3, -0.25) is 4.79 Å². The lowest BCUT2D eigenvalue weighted by molar-refractivity contribution is -0.142. The topological polar surface area (TPSA) is 70.5 Å². The van der Waals surface area contributed by atoms with Crippen molar-refractivity contribution in [3.05, 3.63) is 50.8 Å². The van der Waals surface area contributed by atoms with Gasteiger partial charge in [-0.2, -0.15) is 32.6 Å². The van der Waals surface area contributed by atoms with Crippen molar-refractivity contribution in [1.29, 1.82) is 0 Å². The number of hydrogen-bond acceptors (Lipinski definition) is 9. The number of ether oxygens (including phenoxy) is 3. The third-order valence-corrected chi connectivity index (χ3v) is 7.29. The van der Waals surface area contributed by atoms with Crippen molar-refractivity contribution < 1.29 is 19.0 Å². The van der Waals surface area contributed by atoms with E-state index >= 15 is 0 Å². The molecule has 6 nitrogen and oxygen atoms in total. The largest absolute Gasteiger partial charge is 0.477 e. The fourth-order valence-corrected chi connectivity index (χ4v) is 5.37. The number of aromatic nitrogens is 2. The summed E-state index contributed by atoms with van der Waals surface area (Å²) in [5.74, 6) is 0.668.